The number of rotatable bonds is 4. The predicted molar refractivity (Wildman–Crippen MR) is 95.0 cm³/mol. The van der Waals surface area contributed by atoms with Gasteiger partial charge in [-0.25, -0.2) is 4.79 Å². The second kappa shape index (κ2) is 7.21. The summed E-state index contributed by atoms with van der Waals surface area (Å²) in [5, 5.41) is 4.21. The van der Waals surface area contributed by atoms with E-state index in [1.165, 1.54) is 7.11 Å². The molecule has 1 heterocycles. The number of hydrogen-bond donors (Lipinski definition) is 0. The van der Waals surface area contributed by atoms with Gasteiger partial charge in [-0.15, -0.1) is 0 Å². The van der Waals surface area contributed by atoms with Gasteiger partial charge >= 0.3 is 5.97 Å². The molecular formula is C20H19NO4. The Bertz CT molecular complexity index is 855. The first-order valence-corrected chi connectivity index (χ1v) is 7.87. The Hall–Kier alpha value is -3.08. The van der Waals surface area contributed by atoms with Gasteiger partial charge in [-0.3, -0.25) is 0 Å². The molecule has 0 spiro atoms. The number of esters is 1. The molecule has 0 amide bonds. The standard InChI is InChI=1S/C20H19NO4/c1-13-11-16(23-2)7-8-17(13)19-10-9-18(21-25-19)14-5-4-6-15(12-14)20(22)24-3/h4-12,19H,1-3H3. The zero-order valence-corrected chi connectivity index (χ0v) is 14.4. The normalized spacial score (nSPS) is 16.0. The van der Waals surface area contributed by atoms with Crippen LogP contribution in [0.15, 0.2) is 59.8 Å². The van der Waals surface area contributed by atoms with Crippen molar-refractivity contribution in [3.8, 4) is 5.75 Å². The number of oxime groups is 1. The molecule has 5 nitrogen and oxygen atoms in total. The summed E-state index contributed by atoms with van der Waals surface area (Å²) in [4.78, 5) is 17.3. The van der Waals surface area contributed by atoms with Crippen LogP contribution in [0.3, 0.4) is 0 Å². The number of nitrogens with zero attached hydrogens (tertiary/aromatic N) is 1. The molecule has 0 fully saturated rings. The van der Waals surface area contributed by atoms with Crippen LogP contribution in [-0.2, 0) is 9.57 Å². The fourth-order valence-corrected chi connectivity index (χ4v) is 2.68. The van der Waals surface area contributed by atoms with Crippen molar-refractivity contribution in [3.63, 3.8) is 0 Å². The molecule has 0 saturated carbocycles. The van der Waals surface area contributed by atoms with Gasteiger partial charge in [0.15, 0.2) is 6.10 Å². The van der Waals surface area contributed by atoms with Gasteiger partial charge < -0.3 is 14.3 Å². The van der Waals surface area contributed by atoms with E-state index in [-0.39, 0.29) is 12.1 Å². The number of benzene rings is 2. The zero-order valence-electron chi connectivity index (χ0n) is 14.4. The Kier molecular flexibility index (Phi) is 4.84. The van der Waals surface area contributed by atoms with Crippen LogP contribution in [0.2, 0.25) is 0 Å². The number of carbonyl (C=O) groups is 1. The molecule has 0 bridgehead atoms. The Morgan fingerprint density at radius 3 is 2.64 bits per heavy atom. The fourth-order valence-electron chi connectivity index (χ4n) is 2.68. The monoisotopic (exact) mass is 337 g/mol. The molecule has 128 valence electrons. The molecule has 25 heavy (non-hydrogen) atoms. The Labute approximate surface area is 146 Å². The number of carbonyl (C=O) groups excluding carboxylic acids is 1. The van der Waals surface area contributed by atoms with Crippen molar-refractivity contribution in [3.05, 3.63) is 76.9 Å². The average Bonchev–Trinajstić information content (AvgIpc) is 2.67. The lowest BCUT2D eigenvalue weighted by molar-refractivity contribution is 0.0600. The van der Waals surface area contributed by atoms with Gasteiger partial charge in [-0.05, 0) is 48.9 Å². The number of allylic oxidation sites excluding steroid dienone is 1. The third kappa shape index (κ3) is 3.55. The number of methoxy groups -OCH3 is 2. The van der Waals surface area contributed by atoms with Gasteiger partial charge in [-0.2, -0.15) is 0 Å². The first-order valence-electron chi connectivity index (χ1n) is 7.87. The van der Waals surface area contributed by atoms with E-state index in [0.29, 0.717) is 11.3 Å². The highest BCUT2D eigenvalue weighted by atomic mass is 16.6. The largest absolute Gasteiger partial charge is 0.497 e. The van der Waals surface area contributed by atoms with E-state index in [1.54, 1.807) is 25.3 Å². The molecule has 0 aromatic heterocycles. The van der Waals surface area contributed by atoms with Gasteiger partial charge in [0.05, 0.1) is 19.8 Å². The summed E-state index contributed by atoms with van der Waals surface area (Å²) < 4.78 is 9.98. The topological polar surface area (TPSA) is 57.1 Å². The highest BCUT2D eigenvalue weighted by Gasteiger charge is 2.18. The van der Waals surface area contributed by atoms with E-state index in [9.17, 15) is 4.79 Å². The number of ether oxygens (including phenoxy) is 2. The minimum Gasteiger partial charge on any atom is -0.497 e. The summed E-state index contributed by atoms with van der Waals surface area (Å²) in [6.45, 7) is 2.01. The summed E-state index contributed by atoms with van der Waals surface area (Å²) in [7, 11) is 3.00. The first kappa shape index (κ1) is 16.8. The second-order valence-electron chi connectivity index (χ2n) is 5.66. The van der Waals surface area contributed by atoms with Crippen molar-refractivity contribution in [2.24, 2.45) is 5.16 Å². The maximum atomic E-state index is 11.7. The van der Waals surface area contributed by atoms with Crippen LogP contribution in [-0.4, -0.2) is 25.9 Å². The molecule has 2 aromatic rings. The highest BCUT2D eigenvalue weighted by Crippen LogP contribution is 2.28. The molecule has 1 aliphatic rings. The van der Waals surface area contributed by atoms with E-state index >= 15 is 0 Å². The smallest absolute Gasteiger partial charge is 0.337 e. The van der Waals surface area contributed by atoms with Crippen molar-refractivity contribution < 1.29 is 19.1 Å². The van der Waals surface area contributed by atoms with Crippen LogP contribution < -0.4 is 4.74 Å². The van der Waals surface area contributed by atoms with Crippen molar-refractivity contribution in [1.29, 1.82) is 0 Å². The van der Waals surface area contributed by atoms with E-state index in [2.05, 4.69) is 5.16 Å². The summed E-state index contributed by atoms with van der Waals surface area (Å²) in [6.07, 6.45) is 3.59. The van der Waals surface area contributed by atoms with Gasteiger partial charge in [0.25, 0.3) is 0 Å². The maximum Gasteiger partial charge on any atom is 0.337 e. The minimum absolute atomic E-state index is 0.251. The van der Waals surface area contributed by atoms with Crippen LogP contribution in [0.5, 0.6) is 5.75 Å². The quantitative estimate of drug-likeness (QED) is 0.796. The predicted octanol–water partition coefficient (Wildman–Crippen LogP) is 3.82. The van der Waals surface area contributed by atoms with Crippen molar-refractivity contribution in [1.82, 2.24) is 0 Å². The number of aryl methyl sites for hydroxylation is 1. The summed E-state index contributed by atoms with van der Waals surface area (Å²) >= 11 is 0. The molecule has 0 saturated heterocycles. The molecule has 3 rings (SSSR count). The molecule has 5 heteroatoms. The Balaban J connectivity index is 1.80. The summed E-state index contributed by atoms with van der Waals surface area (Å²) in [5.74, 6) is 0.430. The molecule has 1 aliphatic heterocycles. The molecular weight excluding hydrogens is 318 g/mol. The van der Waals surface area contributed by atoms with E-state index in [4.69, 9.17) is 14.3 Å². The van der Waals surface area contributed by atoms with Crippen LogP contribution in [0.4, 0.5) is 0 Å². The van der Waals surface area contributed by atoms with Crippen LogP contribution in [0, 0.1) is 6.92 Å². The fraction of sp³-hybridized carbons (Fsp3) is 0.200. The molecule has 0 N–H and O–H groups in total. The van der Waals surface area contributed by atoms with Crippen molar-refractivity contribution in [2.75, 3.05) is 14.2 Å². The first-order chi connectivity index (χ1) is 12.1. The molecule has 1 atom stereocenters. The molecule has 2 aromatic carbocycles. The van der Waals surface area contributed by atoms with E-state index in [0.717, 1.165) is 22.4 Å². The molecule has 0 aliphatic carbocycles. The lowest BCUT2D eigenvalue weighted by Crippen LogP contribution is -2.10. The molecule has 1 unspecified atom stereocenters. The van der Waals surface area contributed by atoms with Crippen LogP contribution >= 0.6 is 0 Å². The lowest BCUT2D eigenvalue weighted by Gasteiger charge is -2.19. The second-order valence-corrected chi connectivity index (χ2v) is 5.66. The Morgan fingerprint density at radius 1 is 1.16 bits per heavy atom. The zero-order chi connectivity index (χ0) is 17.8. The minimum atomic E-state index is -0.380. The van der Waals surface area contributed by atoms with E-state index < -0.39 is 0 Å². The van der Waals surface area contributed by atoms with Crippen molar-refractivity contribution in [2.45, 2.75) is 13.0 Å². The van der Waals surface area contributed by atoms with Gasteiger partial charge in [0.2, 0.25) is 0 Å². The summed E-state index contributed by atoms with van der Waals surface area (Å²) in [5.41, 5.74) is 4.03. The summed E-state index contributed by atoms with van der Waals surface area (Å²) in [6, 6.07) is 12.9. The maximum absolute atomic E-state index is 11.7. The van der Waals surface area contributed by atoms with Crippen LogP contribution in [0.25, 0.3) is 0 Å². The van der Waals surface area contributed by atoms with Gasteiger partial charge in [0.1, 0.15) is 11.5 Å². The Morgan fingerprint density at radius 2 is 2.00 bits per heavy atom. The molecule has 0 radical (unpaired) electrons. The average molecular weight is 337 g/mol. The number of hydrogen-bond acceptors (Lipinski definition) is 5. The van der Waals surface area contributed by atoms with Crippen LogP contribution in [0.1, 0.15) is 33.2 Å². The van der Waals surface area contributed by atoms with Gasteiger partial charge in [0, 0.05) is 11.1 Å². The van der Waals surface area contributed by atoms with Gasteiger partial charge in [-0.1, -0.05) is 23.4 Å². The highest BCUT2D eigenvalue weighted by molar-refractivity contribution is 6.09. The third-order valence-corrected chi connectivity index (χ3v) is 4.06. The third-order valence-electron chi connectivity index (χ3n) is 4.06. The SMILES string of the molecule is COC(=O)c1cccc(C2=NOC(c3ccc(OC)cc3C)C=C2)c1. The lowest BCUT2D eigenvalue weighted by atomic mass is 10.0. The van der Waals surface area contributed by atoms with E-state index in [1.807, 2.05) is 43.3 Å². The van der Waals surface area contributed by atoms with Crippen molar-refractivity contribution >= 4 is 11.7 Å².